The zero-order chi connectivity index (χ0) is 16.0. The summed E-state index contributed by atoms with van der Waals surface area (Å²) in [4.78, 5) is 7.73. The summed E-state index contributed by atoms with van der Waals surface area (Å²) in [6, 6.07) is 4.18. The van der Waals surface area contributed by atoms with Crippen molar-refractivity contribution in [1.29, 1.82) is 0 Å². The third-order valence-electron chi connectivity index (χ3n) is 4.11. The highest BCUT2D eigenvalue weighted by molar-refractivity contribution is 14.0. The maximum atomic E-state index is 9.75. The summed E-state index contributed by atoms with van der Waals surface area (Å²) < 4.78 is 6.55. The molecule has 0 spiro atoms. The van der Waals surface area contributed by atoms with Crippen molar-refractivity contribution in [2.24, 2.45) is 10.4 Å². The molecule has 132 valence electrons. The number of aliphatic hydroxyl groups excluding tert-OH is 1. The zero-order valence-electron chi connectivity index (χ0n) is 13.5. The lowest BCUT2D eigenvalue weighted by Crippen LogP contribution is -2.47. The van der Waals surface area contributed by atoms with Crippen molar-refractivity contribution in [3.8, 4) is 0 Å². The second kappa shape index (κ2) is 10.2. The molecule has 5 nitrogen and oxygen atoms in total. The Balaban J connectivity index is 0.00000264. The summed E-state index contributed by atoms with van der Waals surface area (Å²) in [5, 5.41) is 13.2. The largest absolute Gasteiger partial charge is 0.396 e. The van der Waals surface area contributed by atoms with Crippen LogP contribution in [0.25, 0.3) is 0 Å². The first-order valence-corrected chi connectivity index (χ1v) is 9.04. The van der Waals surface area contributed by atoms with Crippen molar-refractivity contribution >= 4 is 57.2 Å². The molecule has 0 saturated carbocycles. The minimum absolute atomic E-state index is 0. The van der Waals surface area contributed by atoms with Crippen molar-refractivity contribution in [3.05, 3.63) is 20.8 Å². The van der Waals surface area contributed by atoms with Crippen LogP contribution in [0.3, 0.4) is 0 Å². The summed E-state index contributed by atoms with van der Waals surface area (Å²) >= 11 is 5.22. The van der Waals surface area contributed by atoms with Gasteiger partial charge >= 0.3 is 0 Å². The van der Waals surface area contributed by atoms with E-state index < -0.39 is 0 Å². The normalized spacial score (nSPS) is 17.5. The van der Waals surface area contributed by atoms with E-state index in [0.717, 1.165) is 48.9 Å². The molecule has 0 aromatic carbocycles. The van der Waals surface area contributed by atoms with E-state index in [2.05, 4.69) is 43.3 Å². The number of nitrogens with one attached hydrogen (secondary N) is 1. The third kappa shape index (κ3) is 6.15. The number of ether oxygens (including phenoxy) is 1. The van der Waals surface area contributed by atoms with Crippen molar-refractivity contribution in [2.45, 2.75) is 19.4 Å². The molecule has 1 aliphatic heterocycles. The molecule has 2 heterocycles. The lowest BCUT2D eigenvalue weighted by atomic mass is 9.81. The summed E-state index contributed by atoms with van der Waals surface area (Å²) in [6.07, 6.45) is 1.77. The average Bonchev–Trinajstić information content (AvgIpc) is 2.94. The highest BCUT2D eigenvalue weighted by Gasteiger charge is 2.32. The number of aliphatic hydroxyl groups is 1. The molecule has 1 aromatic heterocycles. The number of guanidine groups is 1. The summed E-state index contributed by atoms with van der Waals surface area (Å²) in [5.74, 6) is 0.851. The Hall–Kier alpha value is 0.1000. The predicted molar refractivity (Wildman–Crippen MR) is 110 cm³/mol. The van der Waals surface area contributed by atoms with Gasteiger partial charge in [0.25, 0.3) is 0 Å². The van der Waals surface area contributed by atoms with Crippen LogP contribution in [0.5, 0.6) is 0 Å². The van der Waals surface area contributed by atoms with Gasteiger partial charge in [-0.3, -0.25) is 4.99 Å². The zero-order valence-corrected chi connectivity index (χ0v) is 18.3. The SMILES string of the molecule is CN=C(NCC1(CO)CCOCC1)N(C)Cc1ccc(Br)s1.I. The maximum absolute atomic E-state index is 9.75. The van der Waals surface area contributed by atoms with Gasteiger partial charge in [0.05, 0.1) is 16.9 Å². The maximum Gasteiger partial charge on any atom is 0.193 e. The second-order valence-electron chi connectivity index (χ2n) is 5.73. The Morgan fingerprint density at radius 1 is 1.48 bits per heavy atom. The fraction of sp³-hybridized carbons (Fsp3) is 0.667. The number of aliphatic imine (C=N–C) groups is 1. The van der Waals surface area contributed by atoms with Crippen LogP contribution in [0.15, 0.2) is 20.9 Å². The van der Waals surface area contributed by atoms with Crippen LogP contribution >= 0.6 is 51.2 Å². The van der Waals surface area contributed by atoms with E-state index in [1.807, 2.05) is 7.05 Å². The van der Waals surface area contributed by atoms with Gasteiger partial charge in [0.1, 0.15) is 0 Å². The van der Waals surface area contributed by atoms with E-state index in [1.165, 1.54) is 4.88 Å². The molecule has 2 rings (SSSR count). The lowest BCUT2D eigenvalue weighted by Gasteiger charge is -2.36. The first kappa shape index (κ1) is 21.1. The topological polar surface area (TPSA) is 57.1 Å². The monoisotopic (exact) mass is 517 g/mol. The first-order chi connectivity index (χ1) is 10.6. The Labute approximate surface area is 167 Å². The van der Waals surface area contributed by atoms with Crippen LogP contribution in [0.2, 0.25) is 0 Å². The Kier molecular flexibility index (Phi) is 9.35. The van der Waals surface area contributed by atoms with Gasteiger partial charge in [-0.1, -0.05) is 0 Å². The van der Waals surface area contributed by atoms with Crippen molar-refractivity contribution in [2.75, 3.05) is 40.5 Å². The first-order valence-electron chi connectivity index (χ1n) is 7.43. The molecule has 0 aliphatic carbocycles. The number of thiophene rings is 1. The fourth-order valence-corrected chi connectivity index (χ4v) is 4.13. The molecule has 0 unspecified atom stereocenters. The molecule has 0 bridgehead atoms. The molecule has 8 heteroatoms. The lowest BCUT2D eigenvalue weighted by molar-refractivity contribution is -0.0134. The summed E-state index contributed by atoms with van der Waals surface area (Å²) in [7, 11) is 3.82. The molecule has 1 fully saturated rings. The second-order valence-corrected chi connectivity index (χ2v) is 8.28. The van der Waals surface area contributed by atoms with Gasteiger partial charge in [-0.05, 0) is 40.9 Å². The van der Waals surface area contributed by atoms with Crippen LogP contribution in [0.4, 0.5) is 0 Å². The molecule has 0 radical (unpaired) electrons. The van der Waals surface area contributed by atoms with Gasteiger partial charge in [-0.25, -0.2) is 0 Å². The van der Waals surface area contributed by atoms with E-state index in [-0.39, 0.29) is 36.0 Å². The fourth-order valence-electron chi connectivity index (χ4n) is 2.59. The van der Waals surface area contributed by atoms with Crippen LogP contribution in [-0.2, 0) is 11.3 Å². The highest BCUT2D eigenvalue weighted by Crippen LogP contribution is 2.29. The van der Waals surface area contributed by atoms with E-state index in [1.54, 1.807) is 18.4 Å². The Morgan fingerprint density at radius 3 is 2.70 bits per heavy atom. The predicted octanol–water partition coefficient (Wildman–Crippen LogP) is 2.92. The molecule has 1 saturated heterocycles. The van der Waals surface area contributed by atoms with Crippen molar-refractivity contribution < 1.29 is 9.84 Å². The van der Waals surface area contributed by atoms with Gasteiger partial charge < -0.3 is 20.1 Å². The summed E-state index contributed by atoms with van der Waals surface area (Å²) in [5.41, 5.74) is -0.0962. The molecule has 1 aromatic rings. The van der Waals surface area contributed by atoms with Gasteiger partial charge in [0.2, 0.25) is 0 Å². The standard InChI is InChI=1S/C15H24BrN3O2S.HI/c1-17-14(19(2)9-12-3-4-13(16)22-12)18-10-15(11-20)5-7-21-8-6-15;/h3-4,20H,5-11H2,1-2H3,(H,17,18);1H. The van der Waals surface area contributed by atoms with Crippen LogP contribution in [-0.4, -0.2) is 56.4 Å². The van der Waals surface area contributed by atoms with Crippen molar-refractivity contribution in [3.63, 3.8) is 0 Å². The van der Waals surface area contributed by atoms with E-state index in [4.69, 9.17) is 4.74 Å². The van der Waals surface area contributed by atoms with Crippen LogP contribution < -0.4 is 5.32 Å². The number of rotatable bonds is 5. The van der Waals surface area contributed by atoms with Crippen molar-refractivity contribution in [1.82, 2.24) is 10.2 Å². The quantitative estimate of drug-likeness (QED) is 0.358. The smallest absolute Gasteiger partial charge is 0.193 e. The Bertz CT molecular complexity index is 507. The number of nitrogens with zero attached hydrogens (tertiary/aromatic N) is 2. The van der Waals surface area contributed by atoms with Gasteiger partial charge in [-0.15, -0.1) is 35.3 Å². The number of hydrogen-bond acceptors (Lipinski definition) is 4. The number of halogens is 2. The molecule has 2 N–H and O–H groups in total. The van der Waals surface area contributed by atoms with Crippen LogP contribution in [0, 0.1) is 5.41 Å². The molecule has 1 aliphatic rings. The highest BCUT2D eigenvalue weighted by atomic mass is 127. The minimum Gasteiger partial charge on any atom is -0.396 e. The molecule has 0 atom stereocenters. The minimum atomic E-state index is -0.0962. The average molecular weight is 518 g/mol. The molecule has 0 amide bonds. The molecular formula is C15H25BrIN3O2S. The third-order valence-corrected chi connectivity index (χ3v) is 5.71. The summed E-state index contributed by atoms with van der Waals surface area (Å²) in [6.45, 7) is 3.16. The van der Waals surface area contributed by atoms with Gasteiger partial charge in [0.15, 0.2) is 5.96 Å². The van der Waals surface area contributed by atoms with Gasteiger partial charge in [-0.2, -0.15) is 0 Å². The number of hydrogen-bond donors (Lipinski definition) is 2. The van der Waals surface area contributed by atoms with Crippen LogP contribution in [0.1, 0.15) is 17.7 Å². The van der Waals surface area contributed by atoms with E-state index >= 15 is 0 Å². The van der Waals surface area contributed by atoms with E-state index in [9.17, 15) is 5.11 Å². The molecular weight excluding hydrogens is 493 g/mol. The van der Waals surface area contributed by atoms with E-state index in [0.29, 0.717) is 0 Å². The van der Waals surface area contributed by atoms with Gasteiger partial charge in [0, 0.05) is 44.1 Å². The Morgan fingerprint density at radius 2 is 2.17 bits per heavy atom. The molecule has 23 heavy (non-hydrogen) atoms.